The summed E-state index contributed by atoms with van der Waals surface area (Å²) in [7, 11) is -5.03. The van der Waals surface area contributed by atoms with Crippen LogP contribution in [0.25, 0.3) is 0 Å². The van der Waals surface area contributed by atoms with Crippen LogP contribution in [0.4, 0.5) is 5.13 Å². The van der Waals surface area contributed by atoms with Gasteiger partial charge in [-0.05, 0) is 49.7 Å². The summed E-state index contributed by atoms with van der Waals surface area (Å²) in [6, 6.07) is 10.7. The number of carbonyl (C=O) groups excluding carboxylic acids is 1. The van der Waals surface area contributed by atoms with Gasteiger partial charge < -0.3 is 23.3 Å². The van der Waals surface area contributed by atoms with Crippen molar-refractivity contribution < 1.29 is 41.0 Å². The van der Waals surface area contributed by atoms with E-state index in [-0.39, 0.29) is 30.2 Å². The molecule has 0 unspecified atom stereocenters. The number of benzene rings is 2. The van der Waals surface area contributed by atoms with Gasteiger partial charge in [0.2, 0.25) is 0 Å². The number of anilines is 1. The molecule has 1 amide bonds. The lowest BCUT2D eigenvalue weighted by atomic mass is 10.2. The maximum atomic E-state index is 13.1. The molecule has 2 heterocycles. The Bertz CT molecular complexity index is 1450. The molecule has 14 heteroatoms. The molecule has 40 heavy (non-hydrogen) atoms. The van der Waals surface area contributed by atoms with E-state index in [2.05, 4.69) is 10.3 Å². The van der Waals surface area contributed by atoms with Crippen LogP contribution in [0.1, 0.15) is 36.8 Å². The molecule has 1 aromatic heterocycles. The quantitative estimate of drug-likeness (QED) is 0.265. The SMILES string of the molecule is C.COC[C@H](C)Oc1cc(Oc2ccc(S(C)(=O)=O)cc2)cc(C(=O)Nc2nc(CP3(=O)OCCCO3)cs2)c1. The van der Waals surface area contributed by atoms with Crippen LogP contribution in [-0.4, -0.2) is 58.6 Å². The predicted molar refractivity (Wildman–Crippen MR) is 153 cm³/mol. The summed E-state index contributed by atoms with van der Waals surface area (Å²) in [4.78, 5) is 17.7. The lowest BCUT2D eigenvalue weighted by Gasteiger charge is -2.21. The van der Waals surface area contributed by atoms with Gasteiger partial charge in [-0.15, -0.1) is 11.3 Å². The summed E-state index contributed by atoms with van der Waals surface area (Å²) >= 11 is 1.19. The van der Waals surface area contributed by atoms with Crippen molar-refractivity contribution in [2.75, 3.05) is 38.5 Å². The Morgan fingerprint density at radius 2 is 1.80 bits per heavy atom. The van der Waals surface area contributed by atoms with Gasteiger partial charge in [-0.2, -0.15) is 0 Å². The maximum absolute atomic E-state index is 13.1. The molecule has 0 radical (unpaired) electrons. The Balaban J connectivity index is 0.00000441. The number of ether oxygens (including phenoxy) is 3. The summed E-state index contributed by atoms with van der Waals surface area (Å²) in [5, 5.41) is 4.75. The molecule has 11 nitrogen and oxygen atoms in total. The van der Waals surface area contributed by atoms with Crippen molar-refractivity contribution >= 4 is 39.8 Å². The Morgan fingerprint density at radius 1 is 1.12 bits per heavy atom. The van der Waals surface area contributed by atoms with E-state index in [1.165, 1.54) is 41.7 Å². The van der Waals surface area contributed by atoms with E-state index in [0.29, 0.717) is 54.3 Å². The number of nitrogens with zero attached hydrogens (tertiary/aromatic N) is 1. The zero-order valence-electron chi connectivity index (χ0n) is 21.6. The number of hydrogen-bond donors (Lipinski definition) is 1. The molecule has 1 aliphatic rings. The number of nitrogens with one attached hydrogen (secondary N) is 1. The van der Waals surface area contributed by atoms with Crippen LogP contribution in [0.2, 0.25) is 0 Å². The number of rotatable bonds is 11. The van der Waals surface area contributed by atoms with E-state index in [4.69, 9.17) is 23.3 Å². The minimum absolute atomic E-state index is 0. The van der Waals surface area contributed by atoms with E-state index in [0.717, 1.165) is 6.26 Å². The highest BCUT2D eigenvalue weighted by Crippen LogP contribution is 2.53. The average molecular weight is 613 g/mol. The topological polar surface area (TPSA) is 139 Å². The van der Waals surface area contributed by atoms with Gasteiger partial charge in [0, 0.05) is 30.4 Å². The summed E-state index contributed by atoms with van der Waals surface area (Å²) in [5.41, 5.74) is 0.732. The molecule has 0 spiro atoms. The van der Waals surface area contributed by atoms with Crippen molar-refractivity contribution in [3.05, 3.63) is 59.1 Å². The summed E-state index contributed by atoms with van der Waals surface area (Å²) in [6.07, 6.45) is 1.53. The van der Waals surface area contributed by atoms with E-state index in [1.807, 2.05) is 6.92 Å². The Hall–Kier alpha value is -2.80. The van der Waals surface area contributed by atoms with E-state index in [1.54, 1.807) is 24.6 Å². The van der Waals surface area contributed by atoms with Crippen molar-refractivity contribution in [1.29, 1.82) is 0 Å². The number of amides is 1. The molecule has 1 saturated heterocycles. The molecule has 1 aliphatic heterocycles. The summed E-state index contributed by atoms with van der Waals surface area (Å²) in [5.74, 6) is 0.593. The minimum atomic E-state index is -3.35. The van der Waals surface area contributed by atoms with E-state index < -0.39 is 23.3 Å². The van der Waals surface area contributed by atoms with Crippen molar-refractivity contribution in [2.45, 2.75) is 37.9 Å². The normalized spacial score (nSPS) is 15.5. The van der Waals surface area contributed by atoms with Crippen LogP contribution in [0.5, 0.6) is 17.2 Å². The molecule has 1 N–H and O–H groups in total. The van der Waals surface area contributed by atoms with Gasteiger partial charge in [0.15, 0.2) is 15.0 Å². The van der Waals surface area contributed by atoms with E-state index in [9.17, 15) is 17.8 Å². The first kappa shape index (κ1) is 31.7. The highest BCUT2D eigenvalue weighted by molar-refractivity contribution is 7.90. The second-order valence-electron chi connectivity index (χ2n) is 8.81. The molecule has 0 aliphatic carbocycles. The van der Waals surface area contributed by atoms with E-state index >= 15 is 0 Å². The first-order valence-electron chi connectivity index (χ1n) is 12.0. The van der Waals surface area contributed by atoms with Gasteiger partial charge in [0.05, 0.1) is 36.6 Å². The van der Waals surface area contributed by atoms with Gasteiger partial charge in [-0.25, -0.2) is 13.4 Å². The zero-order valence-corrected chi connectivity index (χ0v) is 24.1. The number of carbonyl (C=O) groups is 1. The average Bonchev–Trinajstić information content (AvgIpc) is 3.30. The number of thiazole rings is 1. The Morgan fingerprint density at radius 3 is 2.45 bits per heavy atom. The number of hydrogen-bond acceptors (Lipinski definition) is 11. The summed E-state index contributed by atoms with van der Waals surface area (Å²) in [6.45, 7) is 2.90. The lowest BCUT2D eigenvalue weighted by molar-refractivity contribution is 0.0916. The molecule has 1 atom stereocenters. The maximum Gasteiger partial charge on any atom is 0.336 e. The van der Waals surface area contributed by atoms with Crippen molar-refractivity contribution in [3.8, 4) is 17.2 Å². The van der Waals surface area contributed by atoms with Gasteiger partial charge in [-0.1, -0.05) is 7.43 Å². The third-order valence-electron chi connectivity index (χ3n) is 5.36. The van der Waals surface area contributed by atoms with Gasteiger partial charge in [-0.3, -0.25) is 14.7 Å². The highest BCUT2D eigenvalue weighted by Gasteiger charge is 2.29. The lowest BCUT2D eigenvalue weighted by Crippen LogP contribution is -2.18. The fourth-order valence-electron chi connectivity index (χ4n) is 3.62. The number of sulfone groups is 1. The van der Waals surface area contributed by atoms with Crippen LogP contribution < -0.4 is 14.8 Å². The first-order chi connectivity index (χ1) is 18.5. The first-order valence-corrected chi connectivity index (χ1v) is 16.5. The predicted octanol–water partition coefficient (Wildman–Crippen LogP) is 5.77. The smallest absolute Gasteiger partial charge is 0.336 e. The third kappa shape index (κ3) is 8.85. The third-order valence-corrected chi connectivity index (χ3v) is 9.16. The van der Waals surface area contributed by atoms with Crippen molar-refractivity contribution in [1.82, 2.24) is 4.98 Å². The molecule has 3 aromatic rings. The van der Waals surface area contributed by atoms with Gasteiger partial charge >= 0.3 is 7.60 Å². The molecule has 4 rings (SSSR count). The molecule has 0 saturated carbocycles. The Kier molecular flexibility index (Phi) is 10.9. The number of methoxy groups -OCH3 is 1. The van der Waals surface area contributed by atoms with Crippen LogP contribution >= 0.6 is 18.9 Å². The summed E-state index contributed by atoms with van der Waals surface area (Å²) < 4.78 is 63.7. The highest BCUT2D eigenvalue weighted by atomic mass is 32.2. The largest absolute Gasteiger partial charge is 0.488 e. The van der Waals surface area contributed by atoms with Crippen LogP contribution in [0.3, 0.4) is 0 Å². The minimum Gasteiger partial charge on any atom is -0.488 e. The second kappa shape index (κ2) is 13.7. The van der Waals surface area contributed by atoms with Gasteiger partial charge in [0.1, 0.15) is 23.4 Å². The molecular formula is C26H33N2O9PS2. The van der Waals surface area contributed by atoms with Gasteiger partial charge in [0.25, 0.3) is 5.91 Å². The second-order valence-corrected chi connectivity index (χ2v) is 13.7. The van der Waals surface area contributed by atoms with Crippen molar-refractivity contribution in [2.24, 2.45) is 0 Å². The molecule has 218 valence electrons. The molecule has 1 fully saturated rings. The van der Waals surface area contributed by atoms with Crippen LogP contribution in [0, 0.1) is 0 Å². The van der Waals surface area contributed by atoms with Crippen LogP contribution in [-0.2, 0) is 34.3 Å². The fraction of sp³-hybridized carbons (Fsp3) is 0.385. The van der Waals surface area contributed by atoms with Crippen LogP contribution in [0.15, 0.2) is 52.7 Å². The molecule has 2 aromatic carbocycles. The molecular weight excluding hydrogens is 579 g/mol. The monoisotopic (exact) mass is 612 g/mol. The molecule has 0 bridgehead atoms. The number of aromatic nitrogens is 1. The standard InChI is InChI=1S/C25H29N2O9PS2.CH4/c1-17(14-32-2)35-21-11-18(12-22(13-21)36-20-5-7-23(8-6-20)39(3,30)31)24(28)27-25-26-19(16-38-25)15-37(29)33-9-4-10-34-37;/h5-8,11-13,16-17H,4,9-10,14-15H2,1-3H3,(H,26,27,28);1H4/t17-;/m0./s1. The van der Waals surface area contributed by atoms with Crippen molar-refractivity contribution in [3.63, 3.8) is 0 Å². The Labute approximate surface area is 238 Å². The fourth-order valence-corrected chi connectivity index (χ4v) is 6.71. The zero-order chi connectivity index (χ0) is 28.0.